The maximum absolute atomic E-state index is 12.8. The quantitative estimate of drug-likeness (QED) is 0.0454. The standard InChI is InChI=1S/C56H101NO10/c1-44(2)19-16-20-45(3)51-25-26-52-50-24-23-46-41-48(27-29-55(46,4)53(50)28-30-56(51,52)5)67-54(60)57-31-17-34-62-37-39-64-40-38-63-35-18-36-66-49(42-58)43-65-33-15-13-22-47(59)21-12-10-8-7-9-11-14-32-61-6/h23,44-45,48-53,58H,7-22,24-43H2,1-6H3,(H,57,60)/t45-,48+,49?,50?,51?,52?,53?,55+,56-/m0/s1. The molecule has 0 aliphatic heterocycles. The molecule has 0 radical (unpaired) electrons. The van der Waals surface area contributed by atoms with Crippen LogP contribution >= 0.6 is 0 Å². The number of hydrogen-bond donors (Lipinski definition) is 2. The number of carbonyl (C=O) groups is 2. The molecule has 4 aliphatic rings. The number of aliphatic hydroxyl groups is 1. The van der Waals surface area contributed by atoms with E-state index in [1.165, 1.54) is 77.0 Å². The van der Waals surface area contributed by atoms with Crippen molar-refractivity contribution in [2.45, 2.75) is 201 Å². The summed E-state index contributed by atoms with van der Waals surface area (Å²) in [6.45, 7) is 18.3. The Balaban J connectivity index is 0.914. The monoisotopic (exact) mass is 948 g/mol. The van der Waals surface area contributed by atoms with E-state index >= 15 is 0 Å². The number of ketones is 1. The van der Waals surface area contributed by atoms with Gasteiger partial charge in [-0.15, -0.1) is 0 Å². The van der Waals surface area contributed by atoms with E-state index in [1.54, 1.807) is 12.7 Å². The van der Waals surface area contributed by atoms with Crippen molar-refractivity contribution in [3.05, 3.63) is 11.6 Å². The second kappa shape index (κ2) is 33.1. The Morgan fingerprint density at radius 2 is 1.36 bits per heavy atom. The summed E-state index contributed by atoms with van der Waals surface area (Å²) in [5.74, 6) is 5.34. The fourth-order valence-electron chi connectivity index (χ4n) is 12.7. The average Bonchev–Trinajstić information content (AvgIpc) is 3.67. The van der Waals surface area contributed by atoms with E-state index in [2.05, 4.69) is 46.0 Å². The molecule has 0 aromatic heterocycles. The van der Waals surface area contributed by atoms with Gasteiger partial charge in [-0.2, -0.15) is 0 Å². The van der Waals surface area contributed by atoms with Crippen molar-refractivity contribution < 1.29 is 47.9 Å². The maximum Gasteiger partial charge on any atom is 0.407 e. The van der Waals surface area contributed by atoms with Crippen LogP contribution in [-0.2, 0) is 38.0 Å². The van der Waals surface area contributed by atoms with Gasteiger partial charge >= 0.3 is 6.09 Å². The molecule has 11 heteroatoms. The second-order valence-electron chi connectivity index (χ2n) is 22.0. The molecule has 4 rings (SSSR count). The van der Waals surface area contributed by atoms with E-state index < -0.39 is 0 Å². The van der Waals surface area contributed by atoms with Crippen LogP contribution in [0.3, 0.4) is 0 Å². The minimum absolute atomic E-state index is 0.0373. The molecule has 1 amide bonds. The lowest BCUT2D eigenvalue weighted by Gasteiger charge is -2.58. The predicted octanol–water partition coefficient (Wildman–Crippen LogP) is 11.9. The zero-order chi connectivity index (χ0) is 48.2. The summed E-state index contributed by atoms with van der Waals surface area (Å²) >= 11 is 0. The summed E-state index contributed by atoms with van der Waals surface area (Å²) in [6, 6.07) is 0. The van der Waals surface area contributed by atoms with E-state index in [9.17, 15) is 14.7 Å². The zero-order valence-electron chi connectivity index (χ0n) is 43.8. The largest absolute Gasteiger partial charge is 0.446 e. The molecular formula is C56H101NO10. The molecule has 0 spiro atoms. The Morgan fingerprint density at radius 3 is 2.07 bits per heavy atom. The fourth-order valence-corrected chi connectivity index (χ4v) is 12.7. The number of Topliss-reactive ketones (excluding diaryl/α,β-unsaturated/α-hetero) is 1. The third-order valence-electron chi connectivity index (χ3n) is 16.6. The first-order chi connectivity index (χ1) is 32.5. The van der Waals surface area contributed by atoms with E-state index in [4.69, 9.17) is 33.2 Å². The average molecular weight is 948 g/mol. The highest BCUT2D eigenvalue weighted by atomic mass is 16.6. The number of alkyl carbamates (subject to hydrolysis) is 1. The molecule has 2 N–H and O–H groups in total. The first kappa shape index (κ1) is 58.0. The Labute approximate surface area is 409 Å². The number of carbonyl (C=O) groups excluding carboxylic acids is 2. The minimum Gasteiger partial charge on any atom is -0.446 e. The molecule has 3 saturated carbocycles. The Kier molecular flexibility index (Phi) is 28.7. The van der Waals surface area contributed by atoms with Crippen molar-refractivity contribution in [2.75, 3.05) is 86.3 Å². The Hall–Kier alpha value is -1.60. The van der Waals surface area contributed by atoms with Crippen molar-refractivity contribution in [1.82, 2.24) is 5.32 Å². The number of ether oxygens (including phenoxy) is 7. The second-order valence-corrected chi connectivity index (χ2v) is 22.0. The van der Waals surface area contributed by atoms with Crippen molar-refractivity contribution in [3.8, 4) is 0 Å². The molecule has 3 fully saturated rings. The minimum atomic E-state index is -0.358. The van der Waals surface area contributed by atoms with E-state index in [0.29, 0.717) is 90.0 Å². The van der Waals surface area contributed by atoms with Crippen molar-refractivity contribution in [2.24, 2.45) is 46.3 Å². The summed E-state index contributed by atoms with van der Waals surface area (Å²) < 4.78 is 39.5. The molecule has 5 unspecified atom stereocenters. The van der Waals surface area contributed by atoms with Gasteiger partial charge in [0.15, 0.2) is 0 Å². The number of amides is 1. The number of fused-ring (bicyclic) bond motifs is 5. The summed E-state index contributed by atoms with van der Waals surface area (Å²) in [7, 11) is 1.75. The first-order valence-electron chi connectivity index (χ1n) is 27.7. The maximum atomic E-state index is 12.8. The van der Waals surface area contributed by atoms with Crippen molar-refractivity contribution >= 4 is 11.9 Å². The molecule has 0 aromatic carbocycles. The van der Waals surface area contributed by atoms with Crippen LogP contribution in [0.5, 0.6) is 0 Å². The molecule has 9 atom stereocenters. The summed E-state index contributed by atoms with van der Waals surface area (Å²) in [4.78, 5) is 24.9. The van der Waals surface area contributed by atoms with Gasteiger partial charge in [0.1, 0.15) is 18.0 Å². The van der Waals surface area contributed by atoms with Gasteiger partial charge < -0.3 is 43.6 Å². The van der Waals surface area contributed by atoms with Crippen LogP contribution in [0.25, 0.3) is 0 Å². The van der Waals surface area contributed by atoms with Crippen LogP contribution in [0, 0.1) is 46.3 Å². The highest BCUT2D eigenvalue weighted by Gasteiger charge is 2.59. The first-order valence-corrected chi connectivity index (χ1v) is 27.7. The third-order valence-corrected chi connectivity index (χ3v) is 16.6. The summed E-state index contributed by atoms with van der Waals surface area (Å²) in [5, 5.41) is 12.6. The van der Waals surface area contributed by atoms with Crippen LogP contribution in [0.2, 0.25) is 0 Å². The summed E-state index contributed by atoms with van der Waals surface area (Å²) in [6.07, 6.45) is 28.5. The number of rotatable bonds is 39. The predicted molar refractivity (Wildman–Crippen MR) is 268 cm³/mol. The number of hydrogen-bond acceptors (Lipinski definition) is 10. The van der Waals surface area contributed by atoms with E-state index in [0.717, 1.165) is 106 Å². The molecule has 0 saturated heterocycles. The SMILES string of the molecule is COCCCCCCCCCC(=O)CCCCOCC(CO)OCCCOCCOCCOCCCNC(=O)O[C@@H]1CC[C@]2(C)C(=CCC3C4CCC([C@@H](C)CCCC(C)C)[C@]4(C)CCC32)C1. The lowest BCUT2D eigenvalue weighted by Crippen LogP contribution is -2.51. The third kappa shape index (κ3) is 20.6. The highest BCUT2D eigenvalue weighted by Crippen LogP contribution is 2.67. The molecule has 0 aromatic rings. The zero-order valence-corrected chi connectivity index (χ0v) is 43.8. The Bertz CT molecular complexity index is 1360. The van der Waals surface area contributed by atoms with E-state index in [1.807, 2.05) is 0 Å². The van der Waals surface area contributed by atoms with Crippen LogP contribution in [-0.4, -0.2) is 116 Å². The molecule has 67 heavy (non-hydrogen) atoms. The lowest BCUT2D eigenvalue weighted by molar-refractivity contribution is -0.119. The molecule has 0 heterocycles. The molecule has 4 aliphatic carbocycles. The molecular weight excluding hydrogens is 847 g/mol. The van der Waals surface area contributed by atoms with Gasteiger partial charge in [0.2, 0.25) is 0 Å². The number of aliphatic hydroxyl groups excluding tert-OH is 1. The van der Waals surface area contributed by atoms with Crippen LogP contribution in [0.1, 0.15) is 189 Å². The van der Waals surface area contributed by atoms with Crippen molar-refractivity contribution in [1.29, 1.82) is 0 Å². The number of unbranched alkanes of at least 4 members (excludes halogenated alkanes) is 7. The van der Waals surface area contributed by atoms with Gasteiger partial charge in [0.05, 0.1) is 39.6 Å². The van der Waals surface area contributed by atoms with Gasteiger partial charge in [0.25, 0.3) is 0 Å². The van der Waals surface area contributed by atoms with Crippen molar-refractivity contribution in [3.63, 3.8) is 0 Å². The van der Waals surface area contributed by atoms with Crippen LogP contribution in [0.4, 0.5) is 4.79 Å². The molecule has 0 bridgehead atoms. The number of allylic oxidation sites excluding steroid dienone is 1. The molecule has 390 valence electrons. The highest BCUT2D eigenvalue weighted by molar-refractivity contribution is 5.78. The normalized spacial score (nSPS) is 26.7. The molecule has 11 nitrogen and oxygen atoms in total. The summed E-state index contributed by atoms with van der Waals surface area (Å²) in [5.41, 5.74) is 2.32. The topological polar surface area (TPSA) is 131 Å². The Morgan fingerprint density at radius 1 is 0.701 bits per heavy atom. The van der Waals surface area contributed by atoms with E-state index in [-0.39, 0.29) is 30.3 Å². The van der Waals surface area contributed by atoms with Gasteiger partial charge in [-0.1, -0.05) is 97.6 Å². The van der Waals surface area contributed by atoms with Gasteiger partial charge in [-0.05, 0) is 130 Å². The van der Waals surface area contributed by atoms with Gasteiger partial charge in [-0.25, -0.2) is 4.79 Å². The van der Waals surface area contributed by atoms with Gasteiger partial charge in [0, 0.05) is 66.0 Å². The lowest BCUT2D eigenvalue weighted by atomic mass is 9.47. The van der Waals surface area contributed by atoms with Crippen LogP contribution < -0.4 is 5.32 Å². The van der Waals surface area contributed by atoms with Gasteiger partial charge in [-0.3, -0.25) is 4.79 Å². The number of nitrogens with one attached hydrogen (secondary N) is 1. The fraction of sp³-hybridized carbons (Fsp3) is 0.929. The number of methoxy groups -OCH3 is 1. The smallest absolute Gasteiger partial charge is 0.407 e. The van der Waals surface area contributed by atoms with Crippen LogP contribution in [0.15, 0.2) is 11.6 Å².